The molecule has 0 aliphatic heterocycles. The Hall–Kier alpha value is -1.01. The van der Waals surface area contributed by atoms with Crippen LogP contribution >= 0.6 is 0 Å². The molecule has 0 bridgehead atoms. The molecule has 5 heteroatoms. The van der Waals surface area contributed by atoms with Crippen molar-refractivity contribution < 1.29 is 13.9 Å². The Bertz CT molecular complexity index is 402. The number of nitrogens with zero attached hydrogens (tertiary/aromatic N) is 1. The van der Waals surface area contributed by atoms with E-state index >= 15 is 0 Å². The predicted molar refractivity (Wildman–Crippen MR) is 82.8 cm³/mol. The molecule has 0 aromatic heterocycles. The molecule has 0 fully saturated rings. The highest BCUT2D eigenvalue weighted by molar-refractivity contribution is 5.25. The van der Waals surface area contributed by atoms with Gasteiger partial charge in [0.05, 0.1) is 6.61 Å². The fourth-order valence-electron chi connectivity index (χ4n) is 2.23. The highest BCUT2D eigenvalue weighted by atomic mass is 19.1. The second-order valence-electron chi connectivity index (χ2n) is 5.07. The van der Waals surface area contributed by atoms with E-state index < -0.39 is 0 Å². The topological polar surface area (TPSA) is 33.7 Å². The van der Waals surface area contributed by atoms with Crippen LogP contribution in [-0.4, -0.2) is 52.5 Å². The summed E-state index contributed by atoms with van der Waals surface area (Å²) in [6, 6.07) is 5.30. The van der Waals surface area contributed by atoms with Gasteiger partial charge in [0.25, 0.3) is 0 Å². The first-order chi connectivity index (χ1) is 10.2. The molecule has 0 spiro atoms. The zero-order chi connectivity index (χ0) is 15.5. The third kappa shape index (κ3) is 7.00. The zero-order valence-electron chi connectivity index (χ0n) is 13.3. The molecule has 0 amide bonds. The van der Waals surface area contributed by atoms with Crippen molar-refractivity contribution in [3.05, 3.63) is 35.1 Å². The molecular weight excluding hydrogens is 271 g/mol. The number of hydrogen-bond acceptors (Lipinski definition) is 4. The van der Waals surface area contributed by atoms with E-state index in [0.29, 0.717) is 19.8 Å². The minimum absolute atomic E-state index is 0.149. The lowest BCUT2D eigenvalue weighted by Gasteiger charge is -2.22. The molecule has 0 saturated carbocycles. The van der Waals surface area contributed by atoms with Crippen LogP contribution in [0.2, 0.25) is 0 Å². The van der Waals surface area contributed by atoms with Crippen LogP contribution in [0.4, 0.5) is 4.39 Å². The van der Waals surface area contributed by atoms with Gasteiger partial charge >= 0.3 is 0 Å². The Labute approximate surface area is 127 Å². The van der Waals surface area contributed by atoms with Crippen LogP contribution in [0.15, 0.2) is 18.2 Å². The van der Waals surface area contributed by atoms with Crippen molar-refractivity contribution in [2.24, 2.45) is 0 Å². The third-order valence-corrected chi connectivity index (χ3v) is 3.32. The van der Waals surface area contributed by atoms with Gasteiger partial charge in [0, 0.05) is 52.6 Å². The molecule has 21 heavy (non-hydrogen) atoms. The summed E-state index contributed by atoms with van der Waals surface area (Å²) in [4.78, 5) is 2.20. The molecule has 0 radical (unpaired) electrons. The maximum absolute atomic E-state index is 14.0. The summed E-state index contributed by atoms with van der Waals surface area (Å²) in [5, 5.41) is 3.09. The van der Waals surface area contributed by atoms with Gasteiger partial charge in [-0.05, 0) is 25.1 Å². The van der Waals surface area contributed by atoms with Gasteiger partial charge < -0.3 is 14.8 Å². The van der Waals surface area contributed by atoms with Crippen molar-refractivity contribution in [3.63, 3.8) is 0 Å². The van der Waals surface area contributed by atoms with Crippen LogP contribution in [-0.2, 0) is 22.6 Å². The number of rotatable bonds is 11. The van der Waals surface area contributed by atoms with Gasteiger partial charge in [-0.3, -0.25) is 4.90 Å². The molecule has 4 nitrogen and oxygen atoms in total. The standard InChI is InChI=1S/C16H27FN2O2/c1-18-12-14-5-6-16(17)15(11-14)13-19(8-10-21-3)7-4-9-20-2/h5-6,11,18H,4,7-10,12-13H2,1-3H3. The van der Waals surface area contributed by atoms with Crippen molar-refractivity contribution in [2.45, 2.75) is 19.5 Å². The summed E-state index contributed by atoms with van der Waals surface area (Å²) in [6.45, 7) is 4.35. The lowest BCUT2D eigenvalue weighted by atomic mass is 10.1. The molecule has 1 N–H and O–H groups in total. The summed E-state index contributed by atoms with van der Waals surface area (Å²) in [6.07, 6.45) is 0.929. The second-order valence-corrected chi connectivity index (χ2v) is 5.07. The molecule has 0 unspecified atom stereocenters. The van der Waals surface area contributed by atoms with E-state index in [1.807, 2.05) is 19.2 Å². The molecule has 0 aliphatic carbocycles. The minimum Gasteiger partial charge on any atom is -0.385 e. The monoisotopic (exact) mass is 298 g/mol. The maximum atomic E-state index is 14.0. The number of hydrogen-bond donors (Lipinski definition) is 1. The first kappa shape index (κ1) is 18.0. The second kappa shape index (κ2) is 10.7. The number of nitrogens with one attached hydrogen (secondary N) is 1. The Kier molecular flexibility index (Phi) is 9.17. The smallest absolute Gasteiger partial charge is 0.127 e. The van der Waals surface area contributed by atoms with E-state index in [0.717, 1.165) is 37.2 Å². The number of methoxy groups -OCH3 is 2. The maximum Gasteiger partial charge on any atom is 0.127 e. The van der Waals surface area contributed by atoms with E-state index in [4.69, 9.17) is 9.47 Å². The Morgan fingerprint density at radius 3 is 2.57 bits per heavy atom. The average Bonchev–Trinajstić information content (AvgIpc) is 2.48. The van der Waals surface area contributed by atoms with Crippen LogP contribution in [0.1, 0.15) is 17.5 Å². The highest BCUT2D eigenvalue weighted by Crippen LogP contribution is 2.13. The minimum atomic E-state index is -0.149. The van der Waals surface area contributed by atoms with E-state index in [9.17, 15) is 4.39 Å². The normalized spacial score (nSPS) is 11.3. The van der Waals surface area contributed by atoms with E-state index in [1.54, 1.807) is 20.3 Å². The SMILES string of the molecule is CNCc1ccc(F)c(CN(CCCOC)CCOC)c1. The Morgan fingerprint density at radius 1 is 1.14 bits per heavy atom. The molecule has 0 saturated heterocycles. The molecule has 120 valence electrons. The van der Waals surface area contributed by atoms with E-state index in [2.05, 4.69) is 10.2 Å². The van der Waals surface area contributed by atoms with Gasteiger partial charge in [-0.25, -0.2) is 4.39 Å². The van der Waals surface area contributed by atoms with Crippen molar-refractivity contribution in [3.8, 4) is 0 Å². The molecule has 1 aromatic carbocycles. The van der Waals surface area contributed by atoms with Crippen LogP contribution in [0.25, 0.3) is 0 Å². The van der Waals surface area contributed by atoms with Gasteiger partial charge in [0.2, 0.25) is 0 Å². The largest absolute Gasteiger partial charge is 0.385 e. The van der Waals surface area contributed by atoms with Crippen LogP contribution in [0.3, 0.4) is 0 Å². The van der Waals surface area contributed by atoms with Crippen molar-refractivity contribution in [2.75, 3.05) is 47.6 Å². The molecule has 1 aromatic rings. The lowest BCUT2D eigenvalue weighted by Crippen LogP contribution is -2.29. The zero-order valence-corrected chi connectivity index (χ0v) is 13.3. The van der Waals surface area contributed by atoms with Gasteiger partial charge in [-0.2, -0.15) is 0 Å². The molecular formula is C16H27FN2O2. The van der Waals surface area contributed by atoms with Gasteiger partial charge in [0.1, 0.15) is 5.82 Å². The molecule has 0 aliphatic rings. The molecule has 0 heterocycles. The van der Waals surface area contributed by atoms with Gasteiger partial charge in [0.15, 0.2) is 0 Å². The predicted octanol–water partition coefficient (Wildman–Crippen LogP) is 2.03. The lowest BCUT2D eigenvalue weighted by molar-refractivity contribution is 0.128. The van der Waals surface area contributed by atoms with E-state index in [1.165, 1.54) is 0 Å². The van der Waals surface area contributed by atoms with Crippen LogP contribution in [0.5, 0.6) is 0 Å². The summed E-state index contributed by atoms with van der Waals surface area (Å²) in [7, 11) is 5.26. The number of benzene rings is 1. The molecule has 1 rings (SSSR count). The fraction of sp³-hybridized carbons (Fsp3) is 0.625. The summed E-state index contributed by atoms with van der Waals surface area (Å²) < 4.78 is 24.2. The van der Waals surface area contributed by atoms with Crippen LogP contribution in [0, 0.1) is 5.82 Å². The first-order valence-electron chi connectivity index (χ1n) is 7.33. The van der Waals surface area contributed by atoms with E-state index in [-0.39, 0.29) is 5.82 Å². The average molecular weight is 298 g/mol. The summed E-state index contributed by atoms with van der Waals surface area (Å²) in [5.74, 6) is -0.149. The van der Waals surface area contributed by atoms with Crippen molar-refractivity contribution in [1.29, 1.82) is 0 Å². The van der Waals surface area contributed by atoms with Gasteiger partial charge in [-0.15, -0.1) is 0 Å². The quantitative estimate of drug-likeness (QED) is 0.634. The first-order valence-corrected chi connectivity index (χ1v) is 7.33. The Balaban J connectivity index is 2.68. The van der Waals surface area contributed by atoms with Gasteiger partial charge in [-0.1, -0.05) is 12.1 Å². The van der Waals surface area contributed by atoms with Crippen LogP contribution < -0.4 is 5.32 Å². The highest BCUT2D eigenvalue weighted by Gasteiger charge is 2.10. The molecule has 0 atom stereocenters. The Morgan fingerprint density at radius 2 is 1.90 bits per heavy atom. The third-order valence-electron chi connectivity index (χ3n) is 3.32. The fourth-order valence-corrected chi connectivity index (χ4v) is 2.23. The number of ether oxygens (including phenoxy) is 2. The number of halogens is 1. The summed E-state index contributed by atoms with van der Waals surface area (Å²) in [5.41, 5.74) is 1.83. The van der Waals surface area contributed by atoms with Crippen molar-refractivity contribution >= 4 is 0 Å². The summed E-state index contributed by atoms with van der Waals surface area (Å²) >= 11 is 0. The van der Waals surface area contributed by atoms with Crippen molar-refractivity contribution in [1.82, 2.24) is 10.2 Å².